The number of hydrogen-bond donors (Lipinski definition) is 0. The molecule has 0 saturated carbocycles. The third kappa shape index (κ3) is 3.05. The molecule has 3 rings (SSSR count). The SMILES string of the molecule is COC(=O)C(C)n1nc2n(c1=O)CCN(Cc1ccccc1Cl)C2=O. The topological polar surface area (TPSA) is 86.4 Å². The molecule has 1 unspecified atom stereocenters. The molecule has 8 nitrogen and oxygen atoms in total. The number of halogens is 1. The fourth-order valence-corrected chi connectivity index (χ4v) is 2.94. The lowest BCUT2D eigenvalue weighted by Gasteiger charge is -2.26. The highest BCUT2D eigenvalue weighted by atomic mass is 35.5. The standard InChI is InChI=1S/C16H17ClN4O4/c1-10(15(23)25-2)21-16(24)20-8-7-19(14(22)13(20)18-21)9-11-5-3-4-6-12(11)17/h3-6,10H,7-9H2,1-2H3. The van der Waals surface area contributed by atoms with Crippen LogP contribution in [-0.4, -0.2) is 44.8 Å². The van der Waals surface area contributed by atoms with Crippen LogP contribution in [0.2, 0.25) is 5.02 Å². The lowest BCUT2D eigenvalue weighted by atomic mass is 10.2. The summed E-state index contributed by atoms with van der Waals surface area (Å²) in [5, 5.41) is 4.63. The number of carbonyl (C=O) groups excluding carboxylic acids is 2. The van der Waals surface area contributed by atoms with Crippen LogP contribution in [0, 0.1) is 0 Å². The Labute approximate surface area is 148 Å². The molecule has 0 aliphatic carbocycles. The van der Waals surface area contributed by atoms with E-state index in [0.717, 1.165) is 10.2 Å². The lowest BCUT2D eigenvalue weighted by Crippen LogP contribution is -2.42. The van der Waals surface area contributed by atoms with E-state index in [1.165, 1.54) is 18.6 Å². The molecule has 0 spiro atoms. The van der Waals surface area contributed by atoms with E-state index < -0.39 is 17.7 Å². The van der Waals surface area contributed by atoms with Crippen LogP contribution in [0.5, 0.6) is 0 Å². The van der Waals surface area contributed by atoms with Crippen molar-refractivity contribution in [1.29, 1.82) is 0 Å². The van der Waals surface area contributed by atoms with E-state index in [9.17, 15) is 14.4 Å². The van der Waals surface area contributed by atoms with E-state index in [2.05, 4.69) is 9.84 Å². The number of ether oxygens (including phenoxy) is 1. The Hall–Kier alpha value is -2.61. The van der Waals surface area contributed by atoms with Gasteiger partial charge in [-0.3, -0.25) is 9.36 Å². The Morgan fingerprint density at radius 3 is 2.72 bits per heavy atom. The van der Waals surface area contributed by atoms with Gasteiger partial charge in [0.05, 0.1) is 7.11 Å². The van der Waals surface area contributed by atoms with Crippen molar-refractivity contribution in [1.82, 2.24) is 19.2 Å². The first-order valence-corrected chi connectivity index (χ1v) is 8.11. The van der Waals surface area contributed by atoms with Gasteiger partial charge in [-0.15, -0.1) is 5.10 Å². The minimum atomic E-state index is -0.902. The molecule has 2 aromatic rings. The highest BCUT2D eigenvalue weighted by Crippen LogP contribution is 2.19. The highest BCUT2D eigenvalue weighted by molar-refractivity contribution is 6.31. The van der Waals surface area contributed by atoms with Gasteiger partial charge in [0, 0.05) is 24.7 Å². The molecule has 2 heterocycles. The fraction of sp³-hybridized carbons (Fsp3) is 0.375. The average molecular weight is 365 g/mol. The van der Waals surface area contributed by atoms with Gasteiger partial charge in [0.15, 0.2) is 6.04 Å². The molecule has 0 bridgehead atoms. The summed E-state index contributed by atoms with van der Waals surface area (Å²) in [6.45, 7) is 2.48. The second-order valence-electron chi connectivity index (χ2n) is 5.72. The fourth-order valence-electron chi connectivity index (χ4n) is 2.74. The maximum absolute atomic E-state index is 12.7. The molecule has 1 aliphatic rings. The van der Waals surface area contributed by atoms with Crippen molar-refractivity contribution in [2.24, 2.45) is 0 Å². The molecule has 1 aromatic carbocycles. The van der Waals surface area contributed by atoms with Crippen LogP contribution in [0.1, 0.15) is 29.1 Å². The van der Waals surface area contributed by atoms with Gasteiger partial charge in [-0.2, -0.15) is 4.68 Å². The predicted molar refractivity (Wildman–Crippen MR) is 89.4 cm³/mol. The normalized spacial score (nSPS) is 15.0. The number of amides is 1. The van der Waals surface area contributed by atoms with Crippen molar-refractivity contribution >= 4 is 23.5 Å². The molecule has 25 heavy (non-hydrogen) atoms. The van der Waals surface area contributed by atoms with Gasteiger partial charge in [0.25, 0.3) is 5.91 Å². The van der Waals surface area contributed by atoms with Gasteiger partial charge in [0.2, 0.25) is 5.82 Å². The van der Waals surface area contributed by atoms with E-state index in [1.807, 2.05) is 18.2 Å². The van der Waals surface area contributed by atoms with Gasteiger partial charge < -0.3 is 9.64 Å². The van der Waals surface area contributed by atoms with Crippen molar-refractivity contribution in [3.05, 3.63) is 51.2 Å². The van der Waals surface area contributed by atoms with E-state index in [-0.39, 0.29) is 11.7 Å². The summed E-state index contributed by atoms with van der Waals surface area (Å²) in [4.78, 5) is 38.3. The van der Waals surface area contributed by atoms with Gasteiger partial charge in [0.1, 0.15) is 0 Å². The Morgan fingerprint density at radius 2 is 2.04 bits per heavy atom. The van der Waals surface area contributed by atoms with Crippen LogP contribution < -0.4 is 5.69 Å². The molecule has 1 aromatic heterocycles. The molecule has 0 N–H and O–H groups in total. The van der Waals surface area contributed by atoms with Crippen molar-refractivity contribution in [2.75, 3.05) is 13.7 Å². The second kappa shape index (κ2) is 6.72. The molecule has 1 aliphatic heterocycles. The summed E-state index contributed by atoms with van der Waals surface area (Å²) in [5.74, 6) is -0.962. The number of benzene rings is 1. The Balaban J connectivity index is 1.89. The largest absolute Gasteiger partial charge is 0.467 e. The van der Waals surface area contributed by atoms with E-state index in [0.29, 0.717) is 24.7 Å². The third-order valence-electron chi connectivity index (χ3n) is 4.19. The number of esters is 1. The first kappa shape index (κ1) is 17.2. The van der Waals surface area contributed by atoms with Crippen molar-refractivity contribution in [2.45, 2.75) is 26.1 Å². The summed E-state index contributed by atoms with van der Waals surface area (Å²) in [6, 6.07) is 6.36. The average Bonchev–Trinajstić information content (AvgIpc) is 2.95. The summed E-state index contributed by atoms with van der Waals surface area (Å²) >= 11 is 6.15. The summed E-state index contributed by atoms with van der Waals surface area (Å²) in [6.07, 6.45) is 0. The quantitative estimate of drug-likeness (QED) is 0.758. The number of carbonyl (C=O) groups is 2. The maximum atomic E-state index is 12.7. The molecule has 0 radical (unpaired) electrons. The zero-order chi connectivity index (χ0) is 18.1. The Morgan fingerprint density at radius 1 is 1.32 bits per heavy atom. The summed E-state index contributed by atoms with van der Waals surface area (Å²) in [5.41, 5.74) is 0.314. The third-order valence-corrected chi connectivity index (χ3v) is 4.55. The van der Waals surface area contributed by atoms with Crippen molar-refractivity contribution in [3.8, 4) is 0 Å². The van der Waals surface area contributed by atoms with Crippen LogP contribution in [-0.2, 0) is 22.6 Å². The monoisotopic (exact) mass is 364 g/mol. The smallest absolute Gasteiger partial charge is 0.347 e. The molecular weight excluding hydrogens is 348 g/mol. The Bertz CT molecular complexity index is 889. The number of rotatable bonds is 4. The number of methoxy groups -OCH3 is 1. The molecule has 1 atom stereocenters. The predicted octanol–water partition coefficient (Wildman–Crippen LogP) is 1.09. The summed E-state index contributed by atoms with van der Waals surface area (Å²) < 4.78 is 6.90. The number of hydrogen-bond acceptors (Lipinski definition) is 5. The van der Waals surface area contributed by atoms with Crippen LogP contribution in [0.15, 0.2) is 29.1 Å². The van der Waals surface area contributed by atoms with Crippen LogP contribution in [0.25, 0.3) is 0 Å². The number of aromatic nitrogens is 3. The van der Waals surface area contributed by atoms with Gasteiger partial charge >= 0.3 is 11.7 Å². The Kier molecular flexibility index (Phi) is 4.63. The van der Waals surface area contributed by atoms with E-state index in [1.54, 1.807) is 11.0 Å². The minimum absolute atomic E-state index is 0.0130. The first-order chi connectivity index (χ1) is 11.9. The molecule has 132 valence electrons. The molecule has 0 saturated heterocycles. The van der Waals surface area contributed by atoms with Crippen LogP contribution in [0.3, 0.4) is 0 Å². The zero-order valence-corrected chi connectivity index (χ0v) is 14.6. The molecule has 9 heteroatoms. The molecular formula is C16H17ClN4O4. The number of fused-ring (bicyclic) bond motifs is 1. The number of nitrogens with zero attached hydrogens (tertiary/aromatic N) is 4. The van der Waals surface area contributed by atoms with Gasteiger partial charge in [-0.05, 0) is 18.6 Å². The van der Waals surface area contributed by atoms with E-state index >= 15 is 0 Å². The zero-order valence-electron chi connectivity index (χ0n) is 13.8. The van der Waals surface area contributed by atoms with Crippen molar-refractivity contribution < 1.29 is 14.3 Å². The highest BCUT2D eigenvalue weighted by Gasteiger charge is 2.32. The first-order valence-electron chi connectivity index (χ1n) is 7.74. The van der Waals surface area contributed by atoms with Crippen LogP contribution in [0.4, 0.5) is 0 Å². The van der Waals surface area contributed by atoms with E-state index in [4.69, 9.17) is 11.6 Å². The summed E-state index contributed by atoms with van der Waals surface area (Å²) in [7, 11) is 1.23. The van der Waals surface area contributed by atoms with Crippen LogP contribution >= 0.6 is 11.6 Å². The molecule has 1 amide bonds. The molecule has 0 fully saturated rings. The van der Waals surface area contributed by atoms with Gasteiger partial charge in [-0.25, -0.2) is 9.59 Å². The second-order valence-corrected chi connectivity index (χ2v) is 6.13. The lowest BCUT2D eigenvalue weighted by molar-refractivity contribution is -0.144. The van der Waals surface area contributed by atoms with Crippen molar-refractivity contribution in [3.63, 3.8) is 0 Å². The minimum Gasteiger partial charge on any atom is -0.467 e. The van der Waals surface area contributed by atoms with Gasteiger partial charge in [-0.1, -0.05) is 29.8 Å². The maximum Gasteiger partial charge on any atom is 0.347 e.